The number of nitrogen functional groups attached to an aromatic ring is 1. The number of anilines is 1. The van der Waals surface area contributed by atoms with E-state index in [0.29, 0.717) is 11.2 Å². The van der Waals surface area contributed by atoms with E-state index in [9.17, 15) is 4.39 Å². The first-order valence-electron chi connectivity index (χ1n) is 6.89. The van der Waals surface area contributed by atoms with Gasteiger partial charge in [-0.15, -0.1) is 23.7 Å². The number of hydrogen-bond acceptors (Lipinski definition) is 4. The zero-order valence-corrected chi connectivity index (χ0v) is 13.3. The summed E-state index contributed by atoms with van der Waals surface area (Å²) < 4.78 is 13.3. The van der Waals surface area contributed by atoms with Crippen molar-refractivity contribution >= 4 is 28.9 Å². The highest BCUT2D eigenvalue weighted by molar-refractivity contribution is 7.15. The lowest BCUT2D eigenvalue weighted by molar-refractivity contribution is 0.246. The molecular weight excluding hydrogens is 309 g/mol. The van der Waals surface area contributed by atoms with Crippen LogP contribution in [0, 0.1) is 5.82 Å². The van der Waals surface area contributed by atoms with Crippen molar-refractivity contribution in [2.75, 3.05) is 12.3 Å². The molecule has 1 unspecified atom stereocenters. The van der Waals surface area contributed by atoms with E-state index in [1.165, 1.54) is 23.8 Å². The highest BCUT2D eigenvalue weighted by Crippen LogP contribution is 2.25. The molecule has 114 valence electrons. The smallest absolute Gasteiger partial charge is 0.180 e. The molecule has 3 rings (SSSR count). The second-order valence-electron chi connectivity index (χ2n) is 5.27. The number of halogens is 2. The molecule has 0 saturated carbocycles. The van der Waals surface area contributed by atoms with Crippen LogP contribution >= 0.6 is 23.7 Å². The van der Waals surface area contributed by atoms with Crippen molar-refractivity contribution in [1.82, 2.24) is 9.88 Å². The monoisotopic (exact) mass is 327 g/mol. The maximum atomic E-state index is 13.3. The third-order valence-electron chi connectivity index (χ3n) is 3.79. The average molecular weight is 328 g/mol. The first kappa shape index (κ1) is 16.2. The van der Waals surface area contributed by atoms with Gasteiger partial charge in [0, 0.05) is 23.7 Å². The molecule has 2 heterocycles. The fraction of sp³-hybridized carbons (Fsp3) is 0.400. The fourth-order valence-corrected chi connectivity index (χ4v) is 3.58. The Labute approximate surface area is 134 Å². The fourth-order valence-electron chi connectivity index (χ4n) is 2.87. The van der Waals surface area contributed by atoms with Gasteiger partial charge in [-0.25, -0.2) is 9.37 Å². The summed E-state index contributed by atoms with van der Waals surface area (Å²) in [5.41, 5.74) is 6.75. The van der Waals surface area contributed by atoms with Gasteiger partial charge >= 0.3 is 0 Å². The molecule has 1 aromatic heterocycles. The van der Waals surface area contributed by atoms with Gasteiger partial charge in [0.2, 0.25) is 0 Å². The summed E-state index contributed by atoms with van der Waals surface area (Å²) in [6.45, 7) is 1.99. The van der Waals surface area contributed by atoms with Gasteiger partial charge in [-0.05, 0) is 43.5 Å². The Morgan fingerprint density at radius 3 is 3.00 bits per heavy atom. The Hall–Kier alpha value is -1.17. The molecule has 2 N–H and O–H groups in total. The van der Waals surface area contributed by atoms with Crippen LogP contribution in [0.3, 0.4) is 0 Å². The lowest BCUT2D eigenvalue weighted by Gasteiger charge is -2.23. The number of hydrogen-bond donors (Lipinski definition) is 1. The zero-order valence-electron chi connectivity index (χ0n) is 11.7. The van der Waals surface area contributed by atoms with Gasteiger partial charge < -0.3 is 5.73 Å². The first-order chi connectivity index (χ1) is 9.70. The molecule has 0 radical (unpaired) electrons. The first-order valence-corrected chi connectivity index (χ1v) is 7.71. The number of nitrogens with two attached hydrogens (primary N) is 1. The molecule has 2 aromatic rings. The van der Waals surface area contributed by atoms with E-state index in [0.717, 1.165) is 25.1 Å². The molecule has 1 fully saturated rings. The molecule has 0 bridgehead atoms. The molecule has 1 aromatic carbocycles. The highest BCUT2D eigenvalue weighted by atomic mass is 35.5. The third kappa shape index (κ3) is 4.15. The maximum absolute atomic E-state index is 13.3. The Morgan fingerprint density at radius 1 is 1.43 bits per heavy atom. The van der Waals surface area contributed by atoms with E-state index >= 15 is 0 Å². The largest absolute Gasteiger partial charge is 0.375 e. The summed E-state index contributed by atoms with van der Waals surface area (Å²) >= 11 is 1.55. The number of aromatic nitrogens is 1. The number of likely N-dealkylation sites (tertiary alicyclic amines) is 1. The summed E-state index contributed by atoms with van der Waals surface area (Å²) in [7, 11) is 0. The molecule has 0 aliphatic carbocycles. The molecule has 3 nitrogen and oxygen atoms in total. The number of benzene rings is 1. The van der Waals surface area contributed by atoms with E-state index in [-0.39, 0.29) is 18.2 Å². The Morgan fingerprint density at radius 2 is 2.29 bits per heavy atom. The Balaban J connectivity index is 0.00000161. The predicted octanol–water partition coefficient (Wildman–Crippen LogP) is 3.49. The topological polar surface area (TPSA) is 42.1 Å². The lowest BCUT2D eigenvalue weighted by atomic mass is 10.0. The summed E-state index contributed by atoms with van der Waals surface area (Å²) in [6, 6.07) is 7.41. The van der Waals surface area contributed by atoms with Crippen molar-refractivity contribution in [3.63, 3.8) is 0 Å². The van der Waals surface area contributed by atoms with Crippen molar-refractivity contribution in [3.05, 3.63) is 46.7 Å². The number of rotatable bonds is 4. The number of nitrogens with zero attached hydrogens (tertiary/aromatic N) is 2. The minimum Gasteiger partial charge on any atom is -0.375 e. The van der Waals surface area contributed by atoms with Gasteiger partial charge in [0.05, 0.1) is 0 Å². The number of thiazole rings is 1. The van der Waals surface area contributed by atoms with E-state index < -0.39 is 0 Å². The summed E-state index contributed by atoms with van der Waals surface area (Å²) in [5, 5.41) is 0.626. The summed E-state index contributed by atoms with van der Waals surface area (Å²) in [5.74, 6) is -0.151. The summed E-state index contributed by atoms with van der Waals surface area (Å²) in [6.07, 6.45) is 5.14. The Kier molecular flexibility index (Phi) is 5.56. The maximum Gasteiger partial charge on any atom is 0.180 e. The van der Waals surface area contributed by atoms with Crippen molar-refractivity contribution < 1.29 is 4.39 Å². The van der Waals surface area contributed by atoms with Crippen LogP contribution in [0.15, 0.2) is 30.5 Å². The van der Waals surface area contributed by atoms with Crippen LogP contribution in [0.2, 0.25) is 0 Å². The van der Waals surface area contributed by atoms with E-state index in [2.05, 4.69) is 9.88 Å². The quantitative estimate of drug-likeness (QED) is 0.934. The molecule has 1 saturated heterocycles. The highest BCUT2D eigenvalue weighted by Gasteiger charge is 2.25. The standard InChI is InChI=1S/C15H18FN3S.ClH/c16-12-4-1-3-11(7-12)8-13-5-2-6-19(13)10-14-9-18-15(17)20-14;/h1,3-4,7,9,13H,2,5-6,8,10H2,(H2,17,18);1H. The van der Waals surface area contributed by atoms with Crippen LogP contribution in [-0.2, 0) is 13.0 Å². The van der Waals surface area contributed by atoms with Gasteiger partial charge in [-0.3, -0.25) is 4.90 Å². The SMILES string of the molecule is Cl.Nc1ncc(CN2CCCC2Cc2cccc(F)c2)s1. The molecule has 1 atom stereocenters. The minimum atomic E-state index is -0.151. The van der Waals surface area contributed by atoms with Crippen LogP contribution < -0.4 is 5.73 Å². The van der Waals surface area contributed by atoms with Crippen LogP contribution in [-0.4, -0.2) is 22.5 Å². The third-order valence-corrected chi connectivity index (χ3v) is 4.60. The zero-order chi connectivity index (χ0) is 13.9. The van der Waals surface area contributed by atoms with E-state index in [4.69, 9.17) is 5.73 Å². The van der Waals surface area contributed by atoms with Crippen molar-refractivity contribution in [2.45, 2.75) is 31.8 Å². The van der Waals surface area contributed by atoms with Crippen molar-refractivity contribution in [1.29, 1.82) is 0 Å². The van der Waals surface area contributed by atoms with Crippen molar-refractivity contribution in [2.24, 2.45) is 0 Å². The van der Waals surface area contributed by atoms with Gasteiger partial charge in [0.25, 0.3) is 0 Å². The second-order valence-corrected chi connectivity index (χ2v) is 6.41. The molecule has 21 heavy (non-hydrogen) atoms. The summed E-state index contributed by atoms with van der Waals surface area (Å²) in [4.78, 5) is 7.76. The Bertz CT molecular complexity index is 590. The van der Waals surface area contributed by atoms with Crippen LogP contribution in [0.5, 0.6) is 0 Å². The second kappa shape index (κ2) is 7.20. The molecule has 0 spiro atoms. The molecule has 6 heteroatoms. The average Bonchev–Trinajstić information content (AvgIpc) is 3.00. The van der Waals surface area contributed by atoms with E-state index in [1.807, 2.05) is 12.3 Å². The van der Waals surface area contributed by atoms with Gasteiger partial charge in [0.15, 0.2) is 5.13 Å². The normalized spacial score (nSPS) is 18.6. The van der Waals surface area contributed by atoms with Crippen LogP contribution in [0.1, 0.15) is 23.3 Å². The molecule has 1 aliphatic heterocycles. The molecular formula is C15H19ClFN3S. The lowest BCUT2D eigenvalue weighted by Crippen LogP contribution is -2.30. The van der Waals surface area contributed by atoms with Crippen molar-refractivity contribution in [3.8, 4) is 0 Å². The molecule has 0 amide bonds. The minimum absolute atomic E-state index is 0. The van der Waals surface area contributed by atoms with Crippen LogP contribution in [0.4, 0.5) is 9.52 Å². The van der Waals surface area contributed by atoms with Gasteiger partial charge in [-0.2, -0.15) is 0 Å². The molecule has 1 aliphatic rings. The van der Waals surface area contributed by atoms with Gasteiger partial charge in [0.1, 0.15) is 5.82 Å². The van der Waals surface area contributed by atoms with Gasteiger partial charge in [-0.1, -0.05) is 12.1 Å². The predicted molar refractivity (Wildman–Crippen MR) is 87.3 cm³/mol. The van der Waals surface area contributed by atoms with E-state index in [1.54, 1.807) is 23.5 Å². The van der Waals surface area contributed by atoms with Crippen LogP contribution in [0.25, 0.3) is 0 Å².